The number of benzene rings is 1. The monoisotopic (exact) mass is 340 g/mol. The fourth-order valence-corrected chi connectivity index (χ4v) is 1.85. The number of carbonyl (C=O) groups excluding carboxylic acids is 2. The van der Waals surface area contributed by atoms with Crippen LogP contribution in [-0.4, -0.2) is 25.7 Å². The van der Waals surface area contributed by atoms with E-state index in [1.165, 1.54) is 6.92 Å². The van der Waals surface area contributed by atoms with Gasteiger partial charge in [0.1, 0.15) is 0 Å². The van der Waals surface area contributed by atoms with Crippen molar-refractivity contribution < 1.29 is 41.0 Å². The summed E-state index contributed by atoms with van der Waals surface area (Å²) in [5.41, 5.74) is -4.04. The Hall–Kier alpha value is -2.19. The molecule has 0 radical (unpaired) electrons. The Morgan fingerprint density at radius 3 is 2.13 bits per heavy atom. The molecule has 0 fully saturated rings. The molecule has 128 valence electrons. The van der Waals surface area contributed by atoms with Crippen molar-refractivity contribution in [1.29, 1.82) is 0 Å². The molecule has 0 unspecified atom stereocenters. The van der Waals surface area contributed by atoms with Gasteiger partial charge in [0.2, 0.25) is 0 Å². The van der Waals surface area contributed by atoms with Gasteiger partial charge >= 0.3 is 24.0 Å². The van der Waals surface area contributed by atoms with E-state index < -0.39 is 46.3 Å². The molecule has 0 heterocycles. The second-order valence-electron chi connectivity index (χ2n) is 4.48. The molecule has 0 spiro atoms. The van der Waals surface area contributed by atoms with Gasteiger partial charge in [-0.2, -0.15) is 22.0 Å². The number of methoxy groups -OCH3 is 1. The molecule has 0 aromatic heterocycles. The summed E-state index contributed by atoms with van der Waals surface area (Å²) in [6.07, 6.45) is -4.99. The van der Waals surface area contributed by atoms with Crippen molar-refractivity contribution in [2.45, 2.75) is 25.9 Å². The van der Waals surface area contributed by atoms with Crippen molar-refractivity contribution >= 4 is 11.9 Å². The minimum absolute atomic E-state index is 0.124. The van der Waals surface area contributed by atoms with Gasteiger partial charge in [-0.05, 0) is 31.5 Å². The zero-order chi connectivity index (χ0) is 18.0. The van der Waals surface area contributed by atoms with Gasteiger partial charge in [-0.1, -0.05) is 0 Å². The molecule has 0 aliphatic rings. The number of ether oxygens (including phenoxy) is 2. The highest BCUT2D eigenvalue weighted by Gasteiger charge is 2.45. The predicted molar refractivity (Wildman–Crippen MR) is 68.0 cm³/mol. The van der Waals surface area contributed by atoms with Gasteiger partial charge < -0.3 is 9.47 Å². The van der Waals surface area contributed by atoms with Crippen LogP contribution in [0.5, 0.6) is 0 Å². The van der Waals surface area contributed by atoms with Crippen LogP contribution >= 0.6 is 0 Å². The van der Waals surface area contributed by atoms with Crippen molar-refractivity contribution in [3.8, 4) is 0 Å². The van der Waals surface area contributed by atoms with E-state index in [0.717, 1.165) is 14.0 Å². The zero-order valence-corrected chi connectivity index (χ0v) is 12.4. The number of hydrogen-bond acceptors (Lipinski definition) is 4. The van der Waals surface area contributed by atoms with E-state index in [9.17, 15) is 31.5 Å². The molecule has 0 atom stereocenters. The third-order valence-electron chi connectivity index (χ3n) is 3.01. The van der Waals surface area contributed by atoms with Crippen LogP contribution in [0.25, 0.3) is 0 Å². The van der Waals surface area contributed by atoms with Crippen molar-refractivity contribution in [2.24, 2.45) is 0 Å². The summed E-state index contributed by atoms with van der Waals surface area (Å²) < 4.78 is 75.4. The average Bonchev–Trinajstić information content (AvgIpc) is 2.45. The fourth-order valence-electron chi connectivity index (χ4n) is 1.85. The van der Waals surface area contributed by atoms with Gasteiger partial charge in [-0.3, -0.25) is 0 Å². The van der Waals surface area contributed by atoms with Crippen LogP contribution < -0.4 is 0 Å². The quantitative estimate of drug-likeness (QED) is 0.622. The van der Waals surface area contributed by atoms with E-state index in [0.29, 0.717) is 6.07 Å². The van der Waals surface area contributed by atoms with E-state index in [2.05, 4.69) is 9.47 Å². The van der Waals surface area contributed by atoms with Crippen LogP contribution in [-0.2, 0) is 26.4 Å². The second kappa shape index (κ2) is 6.51. The molecular formula is C14H13F5O4. The first-order chi connectivity index (χ1) is 10.5. The SMILES string of the molecule is CCOC(=O)C(F)(F)c1cc(C(=O)OC)c(C)c(C(F)(F)F)c1. The van der Waals surface area contributed by atoms with Crippen molar-refractivity contribution in [3.63, 3.8) is 0 Å². The lowest BCUT2D eigenvalue weighted by atomic mass is 9.95. The molecule has 1 aromatic carbocycles. The van der Waals surface area contributed by atoms with E-state index in [-0.39, 0.29) is 12.7 Å². The summed E-state index contributed by atoms with van der Waals surface area (Å²) in [6, 6.07) is 0.617. The number of halogens is 5. The topological polar surface area (TPSA) is 52.6 Å². The van der Waals surface area contributed by atoms with Crippen molar-refractivity contribution in [3.05, 3.63) is 34.4 Å². The van der Waals surface area contributed by atoms with Crippen LogP contribution in [0.4, 0.5) is 22.0 Å². The minimum atomic E-state index is -4.99. The third-order valence-corrected chi connectivity index (χ3v) is 3.01. The molecule has 1 rings (SSSR count). The van der Waals surface area contributed by atoms with Gasteiger partial charge in [0.05, 0.1) is 24.8 Å². The highest BCUT2D eigenvalue weighted by molar-refractivity contribution is 5.92. The molecule has 23 heavy (non-hydrogen) atoms. The predicted octanol–water partition coefficient (Wildman–Crippen LogP) is 3.46. The summed E-state index contributed by atoms with van der Waals surface area (Å²) in [5, 5.41) is 0. The molecule has 4 nitrogen and oxygen atoms in total. The Bertz CT molecular complexity index is 622. The number of esters is 2. The van der Waals surface area contributed by atoms with Crippen LogP contribution in [0.3, 0.4) is 0 Å². The van der Waals surface area contributed by atoms with Crippen molar-refractivity contribution in [1.82, 2.24) is 0 Å². The third kappa shape index (κ3) is 3.77. The highest BCUT2D eigenvalue weighted by atomic mass is 19.4. The summed E-state index contributed by atoms with van der Waals surface area (Å²) >= 11 is 0. The van der Waals surface area contributed by atoms with E-state index in [4.69, 9.17) is 0 Å². The Kier molecular flexibility index (Phi) is 5.34. The summed E-state index contributed by atoms with van der Waals surface area (Å²) in [4.78, 5) is 22.8. The number of hydrogen-bond donors (Lipinski definition) is 0. The van der Waals surface area contributed by atoms with Gasteiger partial charge in [0.15, 0.2) is 0 Å². The molecule has 0 saturated carbocycles. The maximum atomic E-state index is 14.0. The van der Waals surface area contributed by atoms with Crippen LogP contribution in [0.15, 0.2) is 12.1 Å². The van der Waals surface area contributed by atoms with Crippen LogP contribution in [0.1, 0.15) is 34.0 Å². The molecule has 9 heteroatoms. The molecular weight excluding hydrogens is 327 g/mol. The normalized spacial score (nSPS) is 12.0. The van der Waals surface area contributed by atoms with Crippen molar-refractivity contribution in [2.75, 3.05) is 13.7 Å². The molecule has 0 saturated heterocycles. The molecule has 0 aliphatic heterocycles. The molecule has 0 aliphatic carbocycles. The number of alkyl halides is 5. The molecule has 0 N–H and O–H groups in total. The standard InChI is InChI=1S/C14H13F5O4/c1-4-23-12(21)13(15,16)8-5-9(11(20)22-3)7(2)10(6-8)14(17,18)19/h5-6H,4H2,1-3H3. The van der Waals surface area contributed by atoms with E-state index >= 15 is 0 Å². The van der Waals surface area contributed by atoms with Gasteiger partial charge in [-0.25, -0.2) is 9.59 Å². The van der Waals surface area contributed by atoms with E-state index in [1.54, 1.807) is 0 Å². The van der Waals surface area contributed by atoms with Gasteiger partial charge in [-0.15, -0.1) is 0 Å². The number of rotatable bonds is 4. The Labute approximate surface area is 128 Å². The lowest BCUT2D eigenvalue weighted by molar-refractivity contribution is -0.173. The summed E-state index contributed by atoms with van der Waals surface area (Å²) in [6.45, 7) is 1.84. The largest absolute Gasteiger partial charge is 0.465 e. The van der Waals surface area contributed by atoms with Gasteiger partial charge in [0.25, 0.3) is 0 Å². The zero-order valence-electron chi connectivity index (χ0n) is 12.4. The average molecular weight is 340 g/mol. The first-order valence-corrected chi connectivity index (χ1v) is 6.32. The van der Waals surface area contributed by atoms with Crippen LogP contribution in [0, 0.1) is 6.92 Å². The Morgan fingerprint density at radius 1 is 1.13 bits per heavy atom. The van der Waals surface area contributed by atoms with E-state index in [1.807, 2.05) is 0 Å². The number of carbonyl (C=O) groups is 2. The Balaban J connectivity index is 3.62. The molecule has 0 bridgehead atoms. The van der Waals surface area contributed by atoms with Crippen LogP contribution in [0.2, 0.25) is 0 Å². The molecule has 0 amide bonds. The lowest BCUT2D eigenvalue weighted by Crippen LogP contribution is -2.29. The first kappa shape index (κ1) is 18.9. The summed E-state index contributed by atoms with van der Waals surface area (Å²) in [5.74, 6) is -7.57. The minimum Gasteiger partial charge on any atom is -0.465 e. The lowest BCUT2D eigenvalue weighted by Gasteiger charge is -2.20. The van der Waals surface area contributed by atoms with Gasteiger partial charge in [0, 0.05) is 5.56 Å². The maximum absolute atomic E-state index is 14.0. The Morgan fingerprint density at radius 2 is 1.70 bits per heavy atom. The second-order valence-corrected chi connectivity index (χ2v) is 4.48. The maximum Gasteiger partial charge on any atom is 0.416 e. The highest BCUT2D eigenvalue weighted by Crippen LogP contribution is 2.38. The smallest absolute Gasteiger partial charge is 0.416 e. The fraction of sp³-hybridized carbons (Fsp3) is 0.429. The molecule has 1 aromatic rings. The summed E-state index contributed by atoms with van der Waals surface area (Å²) in [7, 11) is 0.894. The first-order valence-electron chi connectivity index (χ1n) is 6.32.